The van der Waals surface area contributed by atoms with E-state index in [0.717, 1.165) is 12.8 Å². The average molecular weight is 266 g/mol. The standard InChI is InChI=1S/C12H18N4O3/c1-12(2,3)11-14-9(13-7-5-6-7)8(16(17)18)10(15-11)19-4/h7H,5-6H2,1-4H3,(H,13,14,15). The number of methoxy groups -OCH3 is 1. The van der Waals surface area contributed by atoms with Gasteiger partial charge in [0.05, 0.1) is 12.0 Å². The quantitative estimate of drug-likeness (QED) is 0.664. The van der Waals surface area contributed by atoms with Gasteiger partial charge in [0.2, 0.25) is 5.82 Å². The molecule has 1 N–H and O–H groups in total. The van der Waals surface area contributed by atoms with E-state index in [1.165, 1.54) is 7.11 Å². The predicted molar refractivity (Wildman–Crippen MR) is 70.6 cm³/mol. The molecule has 1 aromatic rings. The summed E-state index contributed by atoms with van der Waals surface area (Å²) in [5.74, 6) is 0.787. The van der Waals surface area contributed by atoms with Crippen LogP contribution in [0, 0.1) is 10.1 Å². The molecule has 0 unspecified atom stereocenters. The SMILES string of the molecule is COc1nc(C(C)(C)C)nc(NC2CC2)c1[N+](=O)[O-]. The van der Waals surface area contributed by atoms with E-state index in [9.17, 15) is 10.1 Å². The largest absolute Gasteiger partial charge is 0.476 e. The molecule has 1 aliphatic carbocycles. The third-order valence-corrected chi connectivity index (χ3v) is 2.82. The van der Waals surface area contributed by atoms with Gasteiger partial charge < -0.3 is 10.1 Å². The third-order valence-electron chi connectivity index (χ3n) is 2.82. The van der Waals surface area contributed by atoms with Gasteiger partial charge in [-0.05, 0) is 12.8 Å². The predicted octanol–water partition coefficient (Wildman–Crippen LogP) is 2.27. The van der Waals surface area contributed by atoms with E-state index in [1.807, 2.05) is 20.8 Å². The van der Waals surface area contributed by atoms with Gasteiger partial charge in [-0.15, -0.1) is 0 Å². The summed E-state index contributed by atoms with van der Waals surface area (Å²) in [5, 5.41) is 14.3. The molecule has 0 bridgehead atoms. The van der Waals surface area contributed by atoms with E-state index in [1.54, 1.807) is 0 Å². The first kappa shape index (κ1) is 13.5. The summed E-state index contributed by atoms with van der Waals surface area (Å²) in [6.07, 6.45) is 2.02. The minimum absolute atomic E-state index is 0.00748. The maximum atomic E-state index is 11.2. The number of nitrogens with one attached hydrogen (secondary N) is 1. The molecule has 1 fully saturated rings. The molecule has 7 nitrogen and oxygen atoms in total. The number of anilines is 1. The van der Waals surface area contributed by atoms with Crippen LogP contribution in [0.1, 0.15) is 39.4 Å². The van der Waals surface area contributed by atoms with Gasteiger partial charge in [-0.25, -0.2) is 4.98 Å². The Kier molecular flexibility index (Phi) is 3.30. The van der Waals surface area contributed by atoms with Crippen LogP contribution in [0.5, 0.6) is 5.88 Å². The van der Waals surface area contributed by atoms with Crippen molar-refractivity contribution in [2.75, 3.05) is 12.4 Å². The van der Waals surface area contributed by atoms with Crippen molar-refractivity contribution in [1.82, 2.24) is 9.97 Å². The van der Waals surface area contributed by atoms with Crippen LogP contribution in [0.4, 0.5) is 11.5 Å². The first-order valence-corrected chi connectivity index (χ1v) is 6.20. The highest BCUT2D eigenvalue weighted by molar-refractivity contribution is 5.62. The van der Waals surface area contributed by atoms with Gasteiger partial charge in [0, 0.05) is 11.5 Å². The molecule has 2 rings (SSSR count). The topological polar surface area (TPSA) is 90.2 Å². The number of nitrogens with zero attached hydrogens (tertiary/aromatic N) is 3. The van der Waals surface area contributed by atoms with Crippen molar-refractivity contribution < 1.29 is 9.66 Å². The Bertz CT molecular complexity index is 506. The van der Waals surface area contributed by atoms with Crippen LogP contribution >= 0.6 is 0 Å². The van der Waals surface area contributed by atoms with Crippen molar-refractivity contribution in [3.63, 3.8) is 0 Å². The molecule has 1 aliphatic rings. The number of hydrogen-bond donors (Lipinski definition) is 1. The molecule has 1 saturated carbocycles. The minimum atomic E-state index is -0.504. The second-order valence-electron chi connectivity index (χ2n) is 5.68. The second-order valence-corrected chi connectivity index (χ2v) is 5.68. The Balaban J connectivity index is 2.54. The summed E-state index contributed by atoms with van der Waals surface area (Å²) in [6.45, 7) is 5.86. The van der Waals surface area contributed by atoms with Crippen LogP contribution in [0.25, 0.3) is 0 Å². The number of hydrogen-bond acceptors (Lipinski definition) is 6. The molecule has 19 heavy (non-hydrogen) atoms. The van der Waals surface area contributed by atoms with Crippen LogP contribution in [-0.2, 0) is 5.41 Å². The monoisotopic (exact) mass is 266 g/mol. The summed E-state index contributed by atoms with van der Waals surface area (Å²) in [6, 6.07) is 0.270. The Labute approximate surface area is 111 Å². The van der Waals surface area contributed by atoms with E-state index in [4.69, 9.17) is 4.74 Å². The normalized spacial score (nSPS) is 15.2. The van der Waals surface area contributed by atoms with E-state index in [-0.39, 0.29) is 28.8 Å². The number of nitro groups is 1. The maximum Gasteiger partial charge on any atom is 0.372 e. The minimum Gasteiger partial charge on any atom is -0.476 e. The van der Waals surface area contributed by atoms with Crippen molar-refractivity contribution >= 4 is 11.5 Å². The molecular weight excluding hydrogens is 248 g/mol. The Morgan fingerprint density at radius 2 is 2.00 bits per heavy atom. The van der Waals surface area contributed by atoms with Gasteiger partial charge in [0.15, 0.2) is 0 Å². The van der Waals surface area contributed by atoms with Crippen molar-refractivity contribution in [1.29, 1.82) is 0 Å². The summed E-state index contributed by atoms with van der Waals surface area (Å²) >= 11 is 0. The zero-order valence-corrected chi connectivity index (χ0v) is 11.6. The molecule has 0 radical (unpaired) electrons. The van der Waals surface area contributed by atoms with E-state index < -0.39 is 4.92 Å². The summed E-state index contributed by atoms with van der Waals surface area (Å²) in [4.78, 5) is 19.1. The molecule has 0 spiro atoms. The van der Waals surface area contributed by atoms with Crippen molar-refractivity contribution in [2.24, 2.45) is 0 Å². The molecular formula is C12H18N4O3. The fourth-order valence-electron chi connectivity index (χ4n) is 1.60. The molecule has 104 valence electrons. The third kappa shape index (κ3) is 2.91. The van der Waals surface area contributed by atoms with Crippen LogP contribution in [-0.4, -0.2) is 28.0 Å². The summed E-state index contributed by atoms with van der Waals surface area (Å²) in [5.41, 5.74) is -0.495. The van der Waals surface area contributed by atoms with Gasteiger partial charge in [0.1, 0.15) is 5.82 Å². The highest BCUT2D eigenvalue weighted by Crippen LogP contribution is 2.36. The fourth-order valence-corrected chi connectivity index (χ4v) is 1.60. The first-order valence-electron chi connectivity index (χ1n) is 6.20. The van der Waals surface area contributed by atoms with Crippen molar-refractivity contribution in [2.45, 2.75) is 45.1 Å². The molecule has 7 heteroatoms. The van der Waals surface area contributed by atoms with Gasteiger partial charge >= 0.3 is 5.69 Å². The summed E-state index contributed by atoms with van der Waals surface area (Å²) < 4.78 is 5.05. The van der Waals surface area contributed by atoms with Crippen LogP contribution in [0.3, 0.4) is 0 Å². The van der Waals surface area contributed by atoms with Gasteiger partial charge in [0.25, 0.3) is 5.88 Å². The lowest BCUT2D eigenvalue weighted by atomic mass is 9.96. The van der Waals surface area contributed by atoms with Gasteiger partial charge in [-0.1, -0.05) is 20.8 Å². The zero-order chi connectivity index (χ0) is 14.2. The average Bonchev–Trinajstić information content (AvgIpc) is 3.10. The lowest BCUT2D eigenvalue weighted by Gasteiger charge is -2.18. The van der Waals surface area contributed by atoms with Crippen LogP contribution in [0.15, 0.2) is 0 Å². The van der Waals surface area contributed by atoms with E-state index >= 15 is 0 Å². The Morgan fingerprint density at radius 1 is 1.37 bits per heavy atom. The van der Waals surface area contributed by atoms with E-state index in [0.29, 0.717) is 5.82 Å². The first-order chi connectivity index (χ1) is 8.82. The van der Waals surface area contributed by atoms with Gasteiger partial charge in [-0.2, -0.15) is 4.98 Å². The lowest BCUT2D eigenvalue weighted by molar-refractivity contribution is -0.385. The van der Waals surface area contributed by atoms with E-state index in [2.05, 4.69) is 15.3 Å². The lowest BCUT2D eigenvalue weighted by Crippen LogP contribution is -2.19. The molecule has 0 aromatic carbocycles. The second kappa shape index (κ2) is 4.64. The molecule has 0 amide bonds. The Morgan fingerprint density at radius 3 is 2.42 bits per heavy atom. The highest BCUT2D eigenvalue weighted by Gasteiger charge is 2.32. The number of rotatable bonds is 4. The molecule has 1 heterocycles. The Hall–Kier alpha value is -1.92. The van der Waals surface area contributed by atoms with Crippen molar-refractivity contribution in [3.8, 4) is 5.88 Å². The molecule has 0 saturated heterocycles. The smallest absolute Gasteiger partial charge is 0.372 e. The molecule has 1 aromatic heterocycles. The van der Waals surface area contributed by atoms with Crippen LogP contribution in [0.2, 0.25) is 0 Å². The number of ether oxygens (including phenoxy) is 1. The van der Waals surface area contributed by atoms with Crippen molar-refractivity contribution in [3.05, 3.63) is 15.9 Å². The number of aromatic nitrogens is 2. The zero-order valence-electron chi connectivity index (χ0n) is 11.6. The molecule has 0 aliphatic heterocycles. The summed E-state index contributed by atoms with van der Waals surface area (Å²) in [7, 11) is 1.38. The highest BCUT2D eigenvalue weighted by atomic mass is 16.6. The van der Waals surface area contributed by atoms with Crippen LogP contribution < -0.4 is 10.1 Å². The van der Waals surface area contributed by atoms with Gasteiger partial charge in [-0.3, -0.25) is 10.1 Å². The maximum absolute atomic E-state index is 11.2. The fraction of sp³-hybridized carbons (Fsp3) is 0.667. The molecule has 0 atom stereocenters.